The van der Waals surface area contributed by atoms with Crippen LogP contribution in [0.4, 0.5) is 0 Å². The molecule has 0 aliphatic heterocycles. The molecule has 0 spiro atoms. The summed E-state index contributed by atoms with van der Waals surface area (Å²) in [6.07, 6.45) is 0.794. The first-order valence-electron chi connectivity index (χ1n) is 6.17. The minimum absolute atomic E-state index is 0.0314. The van der Waals surface area contributed by atoms with Crippen molar-refractivity contribution in [2.24, 2.45) is 0 Å². The lowest BCUT2D eigenvalue weighted by molar-refractivity contribution is 0.0983. The van der Waals surface area contributed by atoms with E-state index in [9.17, 15) is 15.0 Å². The van der Waals surface area contributed by atoms with E-state index in [0.29, 0.717) is 29.5 Å². The van der Waals surface area contributed by atoms with Gasteiger partial charge in [-0.3, -0.25) is 4.79 Å². The molecular formula is C16H16O3. The van der Waals surface area contributed by atoms with Gasteiger partial charge in [-0.15, -0.1) is 0 Å². The number of hydrogen-bond donors (Lipinski definition) is 2. The van der Waals surface area contributed by atoms with Crippen LogP contribution in [0, 0.1) is 6.92 Å². The van der Waals surface area contributed by atoms with E-state index < -0.39 is 0 Å². The predicted octanol–water partition coefficient (Wildman–Crippen LogP) is 3.22. The molecule has 0 aliphatic rings. The van der Waals surface area contributed by atoms with Crippen LogP contribution in [0.25, 0.3) is 0 Å². The maximum absolute atomic E-state index is 12.0. The van der Waals surface area contributed by atoms with Crippen LogP contribution < -0.4 is 0 Å². The zero-order chi connectivity index (χ0) is 13.8. The predicted molar refractivity (Wildman–Crippen MR) is 73.6 cm³/mol. The molecule has 0 saturated carbocycles. The molecule has 3 nitrogen and oxygen atoms in total. The number of aryl methyl sites for hydroxylation is 2. The van der Waals surface area contributed by atoms with Gasteiger partial charge in [0.15, 0.2) is 5.78 Å². The second-order valence-corrected chi connectivity index (χ2v) is 4.56. The number of carbonyl (C=O) groups is 1. The van der Waals surface area contributed by atoms with E-state index in [-0.39, 0.29) is 17.3 Å². The first-order valence-corrected chi connectivity index (χ1v) is 6.17. The van der Waals surface area contributed by atoms with Crippen LogP contribution in [0.1, 0.15) is 27.9 Å². The summed E-state index contributed by atoms with van der Waals surface area (Å²) in [7, 11) is 0. The molecule has 3 heteroatoms. The first-order chi connectivity index (χ1) is 9.08. The molecule has 0 atom stereocenters. The van der Waals surface area contributed by atoms with Gasteiger partial charge in [0.2, 0.25) is 0 Å². The Morgan fingerprint density at radius 3 is 2.42 bits per heavy atom. The molecule has 0 radical (unpaired) electrons. The molecule has 0 heterocycles. The van der Waals surface area contributed by atoms with Crippen molar-refractivity contribution in [3.8, 4) is 11.5 Å². The summed E-state index contributed by atoms with van der Waals surface area (Å²) in [4.78, 5) is 12.0. The number of rotatable bonds is 4. The highest BCUT2D eigenvalue weighted by Crippen LogP contribution is 2.27. The molecule has 2 aromatic rings. The average molecular weight is 256 g/mol. The monoisotopic (exact) mass is 256 g/mol. The molecule has 2 N–H and O–H groups in total. The molecule has 0 aliphatic carbocycles. The van der Waals surface area contributed by atoms with Gasteiger partial charge in [-0.05, 0) is 30.5 Å². The van der Waals surface area contributed by atoms with Gasteiger partial charge >= 0.3 is 0 Å². The highest BCUT2D eigenvalue weighted by atomic mass is 16.3. The molecule has 0 unspecified atom stereocenters. The third-order valence-electron chi connectivity index (χ3n) is 3.11. The fraction of sp³-hybridized carbons (Fsp3) is 0.188. The van der Waals surface area contributed by atoms with E-state index in [0.717, 1.165) is 0 Å². The third-order valence-corrected chi connectivity index (χ3v) is 3.11. The summed E-state index contributed by atoms with van der Waals surface area (Å²) in [6.45, 7) is 1.76. The maximum Gasteiger partial charge on any atom is 0.163 e. The average Bonchev–Trinajstić information content (AvgIpc) is 2.42. The summed E-state index contributed by atoms with van der Waals surface area (Å²) >= 11 is 0. The Morgan fingerprint density at radius 1 is 1.05 bits per heavy atom. The van der Waals surface area contributed by atoms with E-state index in [4.69, 9.17) is 0 Å². The van der Waals surface area contributed by atoms with Gasteiger partial charge in [-0.1, -0.05) is 30.3 Å². The van der Waals surface area contributed by atoms with E-state index in [1.807, 2.05) is 18.2 Å². The van der Waals surface area contributed by atoms with Gasteiger partial charge in [0.25, 0.3) is 0 Å². The number of Topliss-reactive ketones (excluding diaryl/α,β-unsaturated/α-hetero) is 1. The summed E-state index contributed by atoms with van der Waals surface area (Å²) < 4.78 is 0. The second kappa shape index (κ2) is 5.57. The van der Waals surface area contributed by atoms with Crippen LogP contribution in [-0.4, -0.2) is 16.0 Å². The minimum atomic E-state index is 0.0314. The number of phenolic OH excluding ortho intramolecular Hbond substituents is 2. The van der Waals surface area contributed by atoms with Crippen LogP contribution in [0.3, 0.4) is 0 Å². The van der Waals surface area contributed by atoms with Crippen molar-refractivity contribution in [2.45, 2.75) is 19.8 Å². The van der Waals surface area contributed by atoms with Crippen molar-refractivity contribution in [3.63, 3.8) is 0 Å². The number of carbonyl (C=O) groups excluding carboxylic acids is 1. The molecular weight excluding hydrogens is 240 g/mol. The Labute approximate surface area is 112 Å². The van der Waals surface area contributed by atoms with Crippen molar-refractivity contribution in [1.82, 2.24) is 0 Å². The molecule has 0 aromatic heterocycles. The number of aromatic hydroxyl groups is 2. The molecule has 2 aromatic carbocycles. The first kappa shape index (κ1) is 13.1. The summed E-state index contributed by atoms with van der Waals surface area (Å²) in [5.41, 5.74) is 2.05. The zero-order valence-corrected chi connectivity index (χ0v) is 10.8. The van der Waals surface area contributed by atoms with E-state index in [1.165, 1.54) is 6.07 Å². The van der Waals surface area contributed by atoms with Gasteiger partial charge < -0.3 is 10.2 Å². The van der Waals surface area contributed by atoms with Gasteiger partial charge in [0.05, 0.1) is 0 Å². The van der Waals surface area contributed by atoms with Crippen LogP contribution in [0.15, 0.2) is 42.5 Å². The smallest absolute Gasteiger partial charge is 0.163 e. The number of ketones is 1. The summed E-state index contributed by atoms with van der Waals surface area (Å²) in [5, 5.41) is 19.2. The van der Waals surface area contributed by atoms with Gasteiger partial charge in [-0.2, -0.15) is 0 Å². The minimum Gasteiger partial charge on any atom is -0.508 e. The Balaban J connectivity index is 2.07. The standard InChI is InChI=1S/C16H16O3/c1-11-9-13(16(19)10-15(11)18)7-8-14(17)12-5-3-2-4-6-12/h2-6,9-10,18-19H,7-8H2,1H3. The lowest BCUT2D eigenvalue weighted by Crippen LogP contribution is -2.01. The Hall–Kier alpha value is -2.29. The molecule has 0 bridgehead atoms. The largest absolute Gasteiger partial charge is 0.508 e. The molecule has 19 heavy (non-hydrogen) atoms. The van der Waals surface area contributed by atoms with Gasteiger partial charge in [0, 0.05) is 18.1 Å². The van der Waals surface area contributed by atoms with Crippen molar-refractivity contribution >= 4 is 5.78 Å². The zero-order valence-electron chi connectivity index (χ0n) is 10.8. The van der Waals surface area contributed by atoms with Gasteiger partial charge in [0.1, 0.15) is 11.5 Å². The van der Waals surface area contributed by atoms with E-state index in [1.54, 1.807) is 25.1 Å². The van der Waals surface area contributed by atoms with Crippen LogP contribution in [0.5, 0.6) is 11.5 Å². The van der Waals surface area contributed by atoms with Crippen molar-refractivity contribution < 1.29 is 15.0 Å². The third kappa shape index (κ3) is 3.13. The molecule has 98 valence electrons. The summed E-state index contributed by atoms with van der Waals surface area (Å²) in [6, 6.07) is 12.1. The molecule has 0 amide bonds. The Kier molecular flexibility index (Phi) is 3.85. The maximum atomic E-state index is 12.0. The summed E-state index contributed by atoms with van der Waals surface area (Å²) in [5.74, 6) is 0.144. The van der Waals surface area contributed by atoms with Crippen molar-refractivity contribution in [1.29, 1.82) is 0 Å². The highest BCUT2D eigenvalue weighted by Gasteiger charge is 2.09. The molecule has 0 saturated heterocycles. The fourth-order valence-corrected chi connectivity index (χ4v) is 1.96. The molecule has 2 rings (SSSR count). The Bertz CT molecular complexity index is 588. The number of benzene rings is 2. The van der Waals surface area contributed by atoms with Crippen LogP contribution >= 0.6 is 0 Å². The highest BCUT2D eigenvalue weighted by molar-refractivity contribution is 5.96. The topological polar surface area (TPSA) is 57.5 Å². The van der Waals surface area contributed by atoms with E-state index in [2.05, 4.69) is 0 Å². The SMILES string of the molecule is Cc1cc(CCC(=O)c2ccccc2)c(O)cc1O. The Morgan fingerprint density at radius 2 is 1.74 bits per heavy atom. The quantitative estimate of drug-likeness (QED) is 0.826. The number of hydrogen-bond acceptors (Lipinski definition) is 3. The second-order valence-electron chi connectivity index (χ2n) is 4.56. The normalized spacial score (nSPS) is 10.4. The van der Waals surface area contributed by atoms with Crippen molar-refractivity contribution in [2.75, 3.05) is 0 Å². The fourth-order valence-electron chi connectivity index (χ4n) is 1.96. The van der Waals surface area contributed by atoms with Crippen molar-refractivity contribution in [3.05, 3.63) is 59.2 Å². The van der Waals surface area contributed by atoms with Crippen LogP contribution in [0.2, 0.25) is 0 Å². The lowest BCUT2D eigenvalue weighted by Gasteiger charge is -2.07. The number of phenols is 2. The molecule has 0 fully saturated rings. The van der Waals surface area contributed by atoms with Crippen LogP contribution in [-0.2, 0) is 6.42 Å². The lowest BCUT2D eigenvalue weighted by atomic mass is 10.0. The van der Waals surface area contributed by atoms with Gasteiger partial charge in [-0.25, -0.2) is 0 Å². The van der Waals surface area contributed by atoms with E-state index >= 15 is 0 Å².